The summed E-state index contributed by atoms with van der Waals surface area (Å²) >= 11 is 0. The standard InChI is InChI=1S/C17H30N2O4/c1-11(2)15(22)13(8-9-14(21)17(3,4)5)19-16(23)12(18)7-6-10-20/h10-13H,6-9,18H2,1-5H3,(H,19,23). The van der Waals surface area contributed by atoms with Crippen molar-refractivity contribution in [2.45, 2.75) is 72.4 Å². The van der Waals surface area contributed by atoms with Crippen molar-refractivity contribution in [3.8, 4) is 0 Å². The first-order chi connectivity index (χ1) is 10.5. The molecule has 0 aromatic heterocycles. The molecule has 0 heterocycles. The van der Waals surface area contributed by atoms with Crippen molar-refractivity contribution in [2.24, 2.45) is 17.1 Å². The molecule has 1 amide bonds. The maximum absolute atomic E-state index is 12.3. The van der Waals surface area contributed by atoms with E-state index in [0.29, 0.717) is 6.29 Å². The lowest BCUT2D eigenvalue weighted by Crippen LogP contribution is -2.49. The van der Waals surface area contributed by atoms with E-state index in [1.807, 2.05) is 20.8 Å². The maximum atomic E-state index is 12.3. The van der Waals surface area contributed by atoms with Gasteiger partial charge in [0.25, 0.3) is 0 Å². The van der Waals surface area contributed by atoms with Gasteiger partial charge in [-0.2, -0.15) is 0 Å². The average molecular weight is 326 g/mol. The number of carbonyl (C=O) groups is 4. The molecule has 2 unspecified atom stereocenters. The van der Waals surface area contributed by atoms with E-state index in [1.165, 1.54) is 0 Å². The lowest BCUT2D eigenvalue weighted by Gasteiger charge is -2.23. The summed E-state index contributed by atoms with van der Waals surface area (Å²) in [6.07, 6.45) is 1.61. The van der Waals surface area contributed by atoms with Crippen LogP contribution in [0.15, 0.2) is 0 Å². The minimum Gasteiger partial charge on any atom is -0.345 e. The minimum absolute atomic E-state index is 0.0403. The van der Waals surface area contributed by atoms with Gasteiger partial charge in [-0.1, -0.05) is 34.6 Å². The summed E-state index contributed by atoms with van der Waals surface area (Å²) in [5, 5.41) is 2.63. The number of Topliss-reactive ketones (excluding diaryl/α,β-unsaturated/α-hetero) is 2. The molecule has 0 aromatic rings. The highest BCUT2D eigenvalue weighted by Gasteiger charge is 2.28. The fourth-order valence-corrected chi connectivity index (χ4v) is 2.00. The van der Waals surface area contributed by atoms with Gasteiger partial charge in [0.15, 0.2) is 5.78 Å². The molecular weight excluding hydrogens is 296 g/mol. The van der Waals surface area contributed by atoms with Crippen LogP contribution >= 0.6 is 0 Å². The van der Waals surface area contributed by atoms with E-state index in [1.54, 1.807) is 13.8 Å². The van der Waals surface area contributed by atoms with Crippen LogP contribution in [0.3, 0.4) is 0 Å². The first kappa shape index (κ1) is 21.4. The molecule has 3 N–H and O–H groups in total. The fraction of sp³-hybridized carbons (Fsp3) is 0.765. The van der Waals surface area contributed by atoms with Crippen LogP contribution in [-0.4, -0.2) is 35.8 Å². The van der Waals surface area contributed by atoms with Gasteiger partial charge in [0.1, 0.15) is 12.1 Å². The smallest absolute Gasteiger partial charge is 0.237 e. The molecule has 0 rings (SSSR count). The average Bonchev–Trinajstić information content (AvgIpc) is 2.46. The molecule has 6 heteroatoms. The summed E-state index contributed by atoms with van der Waals surface area (Å²) in [6.45, 7) is 8.96. The molecule has 132 valence electrons. The maximum Gasteiger partial charge on any atom is 0.237 e. The van der Waals surface area contributed by atoms with Gasteiger partial charge in [-0.3, -0.25) is 14.4 Å². The summed E-state index contributed by atoms with van der Waals surface area (Å²) in [4.78, 5) is 46.7. The number of rotatable bonds is 10. The Hall–Kier alpha value is -1.56. The summed E-state index contributed by atoms with van der Waals surface area (Å²) < 4.78 is 0. The van der Waals surface area contributed by atoms with Crippen LogP contribution in [0.2, 0.25) is 0 Å². The topological polar surface area (TPSA) is 106 Å². The van der Waals surface area contributed by atoms with Crippen molar-refractivity contribution < 1.29 is 19.2 Å². The first-order valence-corrected chi connectivity index (χ1v) is 8.07. The van der Waals surface area contributed by atoms with Gasteiger partial charge in [0.05, 0.1) is 12.1 Å². The third-order valence-corrected chi connectivity index (χ3v) is 3.66. The highest BCUT2D eigenvalue weighted by molar-refractivity contribution is 5.92. The SMILES string of the molecule is CC(C)C(=O)C(CCC(=O)C(C)(C)C)NC(=O)C(N)CCC=O. The van der Waals surface area contributed by atoms with Crippen LogP contribution in [0, 0.1) is 11.3 Å². The highest BCUT2D eigenvalue weighted by atomic mass is 16.2. The summed E-state index contributed by atoms with van der Waals surface area (Å²) in [6, 6.07) is -1.56. The lowest BCUT2D eigenvalue weighted by atomic mass is 9.86. The molecular formula is C17H30N2O4. The Morgan fingerprint density at radius 1 is 1.13 bits per heavy atom. The van der Waals surface area contributed by atoms with E-state index in [0.717, 1.165) is 0 Å². The number of hydrogen-bond acceptors (Lipinski definition) is 5. The zero-order chi connectivity index (χ0) is 18.2. The normalized spacial score (nSPS) is 14.2. The Morgan fingerprint density at radius 2 is 1.70 bits per heavy atom. The van der Waals surface area contributed by atoms with Crippen LogP contribution < -0.4 is 11.1 Å². The predicted molar refractivity (Wildman–Crippen MR) is 88.7 cm³/mol. The zero-order valence-corrected chi connectivity index (χ0v) is 14.8. The Kier molecular flexibility index (Phi) is 8.90. The van der Waals surface area contributed by atoms with E-state index in [-0.39, 0.29) is 43.2 Å². The van der Waals surface area contributed by atoms with E-state index in [9.17, 15) is 19.2 Å². The number of hydrogen-bond donors (Lipinski definition) is 2. The third kappa shape index (κ3) is 8.02. The van der Waals surface area contributed by atoms with E-state index in [4.69, 9.17) is 5.73 Å². The second-order valence-electron chi connectivity index (χ2n) is 7.18. The molecule has 0 saturated carbocycles. The lowest BCUT2D eigenvalue weighted by molar-refractivity contribution is -0.131. The molecule has 0 spiro atoms. The van der Waals surface area contributed by atoms with Gasteiger partial charge in [-0.15, -0.1) is 0 Å². The van der Waals surface area contributed by atoms with Gasteiger partial charge < -0.3 is 15.8 Å². The molecule has 0 aromatic carbocycles. The van der Waals surface area contributed by atoms with Crippen LogP contribution in [0.5, 0.6) is 0 Å². The summed E-state index contributed by atoms with van der Waals surface area (Å²) in [7, 11) is 0. The Labute approximate surface area is 138 Å². The largest absolute Gasteiger partial charge is 0.345 e. The molecule has 0 aliphatic carbocycles. The molecule has 0 radical (unpaired) electrons. The Bertz CT molecular complexity index is 438. The molecule has 2 atom stereocenters. The highest BCUT2D eigenvalue weighted by Crippen LogP contribution is 2.19. The van der Waals surface area contributed by atoms with Crippen molar-refractivity contribution in [1.29, 1.82) is 0 Å². The number of carbonyl (C=O) groups excluding carboxylic acids is 4. The molecule has 6 nitrogen and oxygen atoms in total. The van der Waals surface area contributed by atoms with Gasteiger partial charge in [-0.25, -0.2) is 0 Å². The Balaban J connectivity index is 4.83. The number of nitrogens with one attached hydrogen (secondary N) is 1. The van der Waals surface area contributed by atoms with Gasteiger partial charge in [0, 0.05) is 24.2 Å². The van der Waals surface area contributed by atoms with E-state index >= 15 is 0 Å². The molecule has 0 aliphatic heterocycles. The van der Waals surface area contributed by atoms with Crippen molar-refractivity contribution in [3.05, 3.63) is 0 Å². The minimum atomic E-state index is -0.832. The zero-order valence-electron chi connectivity index (χ0n) is 14.8. The molecule has 0 fully saturated rings. The van der Waals surface area contributed by atoms with Gasteiger partial charge >= 0.3 is 0 Å². The fourth-order valence-electron chi connectivity index (χ4n) is 2.00. The second kappa shape index (κ2) is 9.55. The molecule has 0 aliphatic rings. The van der Waals surface area contributed by atoms with E-state index < -0.39 is 23.4 Å². The van der Waals surface area contributed by atoms with Crippen LogP contribution in [0.4, 0.5) is 0 Å². The van der Waals surface area contributed by atoms with Crippen LogP contribution in [0.1, 0.15) is 60.3 Å². The number of amides is 1. The second-order valence-corrected chi connectivity index (χ2v) is 7.18. The molecule has 0 saturated heterocycles. The summed E-state index contributed by atoms with van der Waals surface area (Å²) in [5.74, 6) is -0.800. The molecule has 23 heavy (non-hydrogen) atoms. The molecule has 0 bridgehead atoms. The third-order valence-electron chi connectivity index (χ3n) is 3.66. The Morgan fingerprint density at radius 3 is 2.13 bits per heavy atom. The number of ketones is 2. The predicted octanol–water partition coefficient (Wildman–Crippen LogP) is 1.40. The first-order valence-electron chi connectivity index (χ1n) is 8.07. The summed E-state index contributed by atoms with van der Waals surface area (Å²) in [5.41, 5.74) is 5.23. The monoisotopic (exact) mass is 326 g/mol. The van der Waals surface area contributed by atoms with Crippen LogP contribution in [-0.2, 0) is 19.2 Å². The van der Waals surface area contributed by atoms with Crippen molar-refractivity contribution in [3.63, 3.8) is 0 Å². The number of aldehydes is 1. The van der Waals surface area contributed by atoms with Gasteiger partial charge in [-0.05, 0) is 12.8 Å². The van der Waals surface area contributed by atoms with Crippen molar-refractivity contribution >= 4 is 23.8 Å². The van der Waals surface area contributed by atoms with Crippen molar-refractivity contribution in [1.82, 2.24) is 5.32 Å². The van der Waals surface area contributed by atoms with Gasteiger partial charge in [0.2, 0.25) is 5.91 Å². The van der Waals surface area contributed by atoms with Crippen LogP contribution in [0.25, 0.3) is 0 Å². The van der Waals surface area contributed by atoms with E-state index in [2.05, 4.69) is 5.32 Å². The van der Waals surface area contributed by atoms with Crippen molar-refractivity contribution in [2.75, 3.05) is 0 Å². The quantitative estimate of drug-likeness (QED) is 0.590. The number of nitrogens with two attached hydrogens (primary N) is 1.